The van der Waals surface area contributed by atoms with Gasteiger partial charge in [0.05, 0.1) is 0 Å². The Hall–Kier alpha value is -1.79. The number of anilines is 1. The highest BCUT2D eigenvalue weighted by atomic mass is 19.4. The van der Waals surface area contributed by atoms with Crippen LogP contribution in [0.3, 0.4) is 0 Å². The molecule has 0 aliphatic carbocycles. The fourth-order valence-corrected chi connectivity index (χ4v) is 1.34. The number of pyridine rings is 1. The zero-order chi connectivity index (χ0) is 13.6. The third kappa shape index (κ3) is 5.51. The Morgan fingerprint density at radius 3 is 2.72 bits per heavy atom. The van der Waals surface area contributed by atoms with Gasteiger partial charge in [-0.2, -0.15) is 13.2 Å². The molecule has 0 radical (unpaired) electrons. The van der Waals surface area contributed by atoms with Crippen molar-refractivity contribution >= 4 is 11.7 Å². The first kappa shape index (κ1) is 14.3. The smallest absolute Gasteiger partial charge is 0.384 e. The number of hydrogen-bond donors (Lipinski definition) is 2. The van der Waals surface area contributed by atoms with Gasteiger partial charge in [-0.15, -0.1) is 0 Å². The number of halogens is 3. The second-order valence-electron chi connectivity index (χ2n) is 3.80. The topological polar surface area (TPSA) is 68.0 Å². The quantitative estimate of drug-likeness (QED) is 0.798. The van der Waals surface area contributed by atoms with Crippen LogP contribution in [0.5, 0.6) is 0 Å². The van der Waals surface area contributed by atoms with Gasteiger partial charge in [-0.25, -0.2) is 4.98 Å². The first-order valence-corrected chi connectivity index (χ1v) is 5.45. The number of nitrogens with zero attached hydrogens (tertiary/aromatic N) is 1. The molecule has 0 fully saturated rings. The molecule has 1 heterocycles. The molecule has 0 aliphatic heterocycles. The summed E-state index contributed by atoms with van der Waals surface area (Å²) < 4.78 is 35.5. The van der Waals surface area contributed by atoms with Crippen molar-refractivity contribution in [2.45, 2.75) is 25.4 Å². The summed E-state index contributed by atoms with van der Waals surface area (Å²) in [6, 6.07) is 2.90. The molecule has 0 bridgehead atoms. The number of carbonyl (C=O) groups excluding carboxylic acids is 1. The van der Waals surface area contributed by atoms with Gasteiger partial charge in [-0.05, 0) is 25.0 Å². The van der Waals surface area contributed by atoms with E-state index in [0.717, 1.165) is 0 Å². The SMILES string of the molecule is Nc1cc(C(=O)NCCCCC(F)(F)F)ccn1. The van der Waals surface area contributed by atoms with E-state index >= 15 is 0 Å². The minimum atomic E-state index is -4.14. The van der Waals surface area contributed by atoms with E-state index in [4.69, 9.17) is 5.73 Å². The van der Waals surface area contributed by atoms with Gasteiger partial charge in [-0.3, -0.25) is 4.79 Å². The second kappa shape index (κ2) is 6.23. The van der Waals surface area contributed by atoms with E-state index in [-0.39, 0.29) is 31.1 Å². The number of carbonyl (C=O) groups is 1. The van der Waals surface area contributed by atoms with Crippen molar-refractivity contribution in [2.24, 2.45) is 0 Å². The lowest BCUT2D eigenvalue weighted by molar-refractivity contribution is -0.135. The van der Waals surface area contributed by atoms with E-state index in [2.05, 4.69) is 10.3 Å². The summed E-state index contributed by atoms with van der Waals surface area (Å²) in [5.74, 6) is -0.143. The summed E-state index contributed by atoms with van der Waals surface area (Å²) in [5, 5.41) is 2.52. The molecule has 4 nitrogen and oxygen atoms in total. The molecule has 1 amide bonds. The average molecular weight is 261 g/mol. The van der Waals surface area contributed by atoms with Gasteiger partial charge in [0.15, 0.2) is 0 Å². The lowest BCUT2D eigenvalue weighted by Crippen LogP contribution is -2.24. The zero-order valence-corrected chi connectivity index (χ0v) is 9.63. The molecule has 7 heteroatoms. The maximum Gasteiger partial charge on any atom is 0.389 e. The Balaban J connectivity index is 2.26. The van der Waals surface area contributed by atoms with Crippen LogP contribution in [0, 0.1) is 0 Å². The van der Waals surface area contributed by atoms with Gasteiger partial charge in [0, 0.05) is 24.7 Å². The summed E-state index contributed by atoms with van der Waals surface area (Å²) >= 11 is 0. The average Bonchev–Trinajstić information content (AvgIpc) is 2.26. The van der Waals surface area contributed by atoms with Gasteiger partial charge in [-0.1, -0.05) is 0 Å². The van der Waals surface area contributed by atoms with Crippen LogP contribution in [0.1, 0.15) is 29.6 Å². The van der Waals surface area contributed by atoms with Gasteiger partial charge >= 0.3 is 6.18 Å². The van der Waals surface area contributed by atoms with Crippen molar-refractivity contribution in [1.29, 1.82) is 0 Å². The third-order valence-corrected chi connectivity index (χ3v) is 2.22. The second-order valence-corrected chi connectivity index (χ2v) is 3.80. The maximum atomic E-state index is 11.8. The monoisotopic (exact) mass is 261 g/mol. The number of hydrogen-bond acceptors (Lipinski definition) is 3. The Morgan fingerprint density at radius 2 is 2.11 bits per heavy atom. The van der Waals surface area contributed by atoms with Crippen LogP contribution in [0.2, 0.25) is 0 Å². The minimum Gasteiger partial charge on any atom is -0.384 e. The number of alkyl halides is 3. The summed E-state index contributed by atoms with van der Waals surface area (Å²) in [6.07, 6.45) is -3.28. The number of nitrogens with one attached hydrogen (secondary N) is 1. The lowest BCUT2D eigenvalue weighted by Gasteiger charge is -2.07. The Kier molecular flexibility index (Phi) is 4.94. The summed E-state index contributed by atoms with van der Waals surface area (Å²) in [5.41, 5.74) is 5.75. The van der Waals surface area contributed by atoms with Crippen molar-refractivity contribution in [3.8, 4) is 0 Å². The van der Waals surface area contributed by atoms with Gasteiger partial charge < -0.3 is 11.1 Å². The predicted octanol–water partition coefficient (Wildman–Crippen LogP) is 2.13. The van der Waals surface area contributed by atoms with Crippen LogP contribution in [-0.2, 0) is 0 Å². The minimum absolute atomic E-state index is 0.00225. The number of amides is 1. The van der Waals surface area contributed by atoms with Crippen molar-refractivity contribution in [1.82, 2.24) is 10.3 Å². The van der Waals surface area contributed by atoms with Crippen molar-refractivity contribution in [3.63, 3.8) is 0 Å². The molecule has 0 saturated heterocycles. The van der Waals surface area contributed by atoms with Crippen LogP contribution in [0.25, 0.3) is 0 Å². The number of nitrogen functional groups attached to an aromatic ring is 1. The number of aromatic nitrogens is 1. The van der Waals surface area contributed by atoms with E-state index in [1.54, 1.807) is 0 Å². The van der Waals surface area contributed by atoms with Crippen molar-refractivity contribution < 1.29 is 18.0 Å². The van der Waals surface area contributed by atoms with Crippen molar-refractivity contribution in [3.05, 3.63) is 23.9 Å². The van der Waals surface area contributed by atoms with Crippen LogP contribution in [0.4, 0.5) is 19.0 Å². The fourth-order valence-electron chi connectivity index (χ4n) is 1.34. The largest absolute Gasteiger partial charge is 0.389 e. The predicted molar refractivity (Wildman–Crippen MR) is 60.9 cm³/mol. The van der Waals surface area contributed by atoms with E-state index in [0.29, 0.717) is 5.56 Å². The van der Waals surface area contributed by atoms with Gasteiger partial charge in [0.1, 0.15) is 5.82 Å². The maximum absolute atomic E-state index is 11.8. The van der Waals surface area contributed by atoms with E-state index in [1.165, 1.54) is 18.3 Å². The highest BCUT2D eigenvalue weighted by molar-refractivity contribution is 5.94. The fraction of sp³-hybridized carbons (Fsp3) is 0.455. The molecule has 0 spiro atoms. The van der Waals surface area contributed by atoms with Crippen LogP contribution in [0.15, 0.2) is 18.3 Å². The number of nitrogens with two attached hydrogens (primary N) is 1. The number of rotatable bonds is 5. The van der Waals surface area contributed by atoms with E-state index in [1.807, 2.05) is 0 Å². The third-order valence-electron chi connectivity index (χ3n) is 2.22. The Bertz CT molecular complexity index is 407. The molecular formula is C11H14F3N3O. The molecule has 1 rings (SSSR count). The summed E-state index contributed by atoms with van der Waals surface area (Å²) in [4.78, 5) is 15.3. The van der Waals surface area contributed by atoms with Crippen LogP contribution in [-0.4, -0.2) is 23.6 Å². The van der Waals surface area contributed by atoms with E-state index < -0.39 is 12.6 Å². The van der Waals surface area contributed by atoms with Gasteiger partial charge in [0.25, 0.3) is 5.91 Å². The van der Waals surface area contributed by atoms with Gasteiger partial charge in [0.2, 0.25) is 0 Å². The summed E-state index contributed by atoms with van der Waals surface area (Å²) in [7, 11) is 0. The molecule has 18 heavy (non-hydrogen) atoms. The Labute approximate surface area is 102 Å². The normalized spacial score (nSPS) is 11.3. The molecule has 0 aliphatic rings. The summed E-state index contributed by atoms with van der Waals surface area (Å²) in [6.45, 7) is 0.205. The molecule has 1 aromatic heterocycles. The first-order valence-electron chi connectivity index (χ1n) is 5.45. The molecule has 0 atom stereocenters. The van der Waals surface area contributed by atoms with Crippen LogP contribution < -0.4 is 11.1 Å². The highest BCUT2D eigenvalue weighted by Gasteiger charge is 2.25. The molecule has 0 unspecified atom stereocenters. The van der Waals surface area contributed by atoms with E-state index in [9.17, 15) is 18.0 Å². The van der Waals surface area contributed by atoms with Crippen LogP contribution >= 0.6 is 0 Å². The molecule has 0 aromatic carbocycles. The van der Waals surface area contributed by atoms with Crippen molar-refractivity contribution in [2.75, 3.05) is 12.3 Å². The lowest BCUT2D eigenvalue weighted by atomic mass is 10.2. The standard InChI is InChI=1S/C11H14F3N3O/c12-11(13,14)4-1-2-5-17-10(18)8-3-6-16-9(15)7-8/h3,6-7H,1-2,4-5H2,(H2,15,16)(H,17,18). The molecule has 1 aromatic rings. The molecule has 100 valence electrons. The molecule has 0 saturated carbocycles. The Morgan fingerprint density at radius 1 is 1.39 bits per heavy atom. The number of unbranched alkanes of at least 4 members (excludes halogenated alkanes) is 1. The molecular weight excluding hydrogens is 247 g/mol. The highest BCUT2D eigenvalue weighted by Crippen LogP contribution is 2.21. The zero-order valence-electron chi connectivity index (χ0n) is 9.63. The first-order chi connectivity index (χ1) is 8.38. The molecule has 3 N–H and O–H groups in total.